The van der Waals surface area contributed by atoms with Gasteiger partial charge in [0.15, 0.2) is 0 Å². The highest BCUT2D eigenvalue weighted by atomic mass is 14.3. The van der Waals surface area contributed by atoms with Crippen molar-refractivity contribution in [2.75, 3.05) is 0 Å². The second kappa shape index (κ2) is 11.4. The van der Waals surface area contributed by atoms with Gasteiger partial charge in [0.25, 0.3) is 0 Å². The molecule has 0 atom stereocenters. The lowest BCUT2D eigenvalue weighted by Crippen LogP contribution is -2.16. The third-order valence-electron chi connectivity index (χ3n) is 4.80. The monoisotopic (exact) mass is 280 g/mol. The van der Waals surface area contributed by atoms with Gasteiger partial charge in [-0.15, -0.1) is 0 Å². The van der Waals surface area contributed by atoms with E-state index in [0.717, 1.165) is 0 Å². The Morgan fingerprint density at radius 3 is 1.85 bits per heavy atom. The summed E-state index contributed by atoms with van der Waals surface area (Å²) >= 11 is 0. The quantitative estimate of drug-likeness (QED) is 0.254. The Balaban J connectivity index is 4.37. The summed E-state index contributed by atoms with van der Waals surface area (Å²) in [5.41, 5.74) is 3.84. The van der Waals surface area contributed by atoms with E-state index in [0.29, 0.717) is 5.41 Å². The van der Waals surface area contributed by atoms with Crippen molar-refractivity contribution in [1.29, 1.82) is 0 Å². The minimum atomic E-state index is 0.416. The molecule has 0 bridgehead atoms. The molecule has 0 aromatic carbocycles. The molecule has 0 aromatic rings. The summed E-state index contributed by atoms with van der Waals surface area (Å²) in [5, 5.41) is 0. The van der Waals surface area contributed by atoms with Crippen LogP contribution in [-0.4, -0.2) is 0 Å². The Kier molecular flexibility index (Phi) is 11.3. The highest BCUT2D eigenvalue weighted by Gasteiger charge is 2.23. The lowest BCUT2D eigenvalue weighted by molar-refractivity contribution is 0.370. The molecular weight excluding hydrogens is 240 g/mol. The maximum atomic E-state index is 2.47. The molecule has 0 saturated heterocycles. The summed E-state index contributed by atoms with van der Waals surface area (Å²) in [5.74, 6) is 0. The number of allylic oxidation sites excluding steroid dienone is 2. The molecule has 0 amide bonds. The first-order valence-corrected chi connectivity index (χ1v) is 9.18. The van der Waals surface area contributed by atoms with Crippen molar-refractivity contribution in [3.05, 3.63) is 11.1 Å². The van der Waals surface area contributed by atoms with Crippen LogP contribution >= 0.6 is 0 Å². The van der Waals surface area contributed by atoms with Crippen molar-refractivity contribution in [1.82, 2.24) is 0 Å². The first kappa shape index (κ1) is 19.7. The predicted molar refractivity (Wildman–Crippen MR) is 94.3 cm³/mol. The standard InChI is InChI=1S/C20H40/c1-7-10-12-13-14-15-16-19(18(4)9-3)20(5,6)17-11-8-2/h7-17H2,1-6H3. The molecule has 0 spiro atoms. The van der Waals surface area contributed by atoms with Crippen LogP contribution in [0.2, 0.25) is 0 Å². The summed E-state index contributed by atoms with van der Waals surface area (Å²) in [6, 6.07) is 0. The van der Waals surface area contributed by atoms with E-state index in [1.165, 1.54) is 70.6 Å². The van der Waals surface area contributed by atoms with Crippen molar-refractivity contribution < 1.29 is 0 Å². The van der Waals surface area contributed by atoms with Crippen LogP contribution in [0.25, 0.3) is 0 Å². The second-order valence-corrected chi connectivity index (χ2v) is 7.12. The van der Waals surface area contributed by atoms with Gasteiger partial charge in [0, 0.05) is 0 Å². The molecule has 0 aliphatic rings. The van der Waals surface area contributed by atoms with Crippen LogP contribution in [-0.2, 0) is 0 Å². The Hall–Kier alpha value is -0.260. The molecule has 0 unspecified atom stereocenters. The summed E-state index contributed by atoms with van der Waals surface area (Å²) in [6.07, 6.45) is 15.0. The third kappa shape index (κ3) is 8.12. The molecule has 0 fully saturated rings. The minimum Gasteiger partial charge on any atom is -0.0739 e. The number of unbranched alkanes of at least 4 members (excludes halogenated alkanes) is 6. The van der Waals surface area contributed by atoms with Gasteiger partial charge in [-0.2, -0.15) is 0 Å². The molecule has 0 aliphatic carbocycles. The van der Waals surface area contributed by atoms with Crippen LogP contribution in [0.4, 0.5) is 0 Å². The molecule has 0 saturated carbocycles. The Bertz CT molecular complexity index is 257. The number of hydrogen-bond donors (Lipinski definition) is 0. The summed E-state index contributed by atoms with van der Waals surface area (Å²) in [6.45, 7) is 14.2. The maximum Gasteiger partial charge on any atom is -0.0142 e. The molecule has 0 aliphatic heterocycles. The molecule has 120 valence electrons. The van der Waals surface area contributed by atoms with E-state index in [4.69, 9.17) is 0 Å². The van der Waals surface area contributed by atoms with Crippen LogP contribution in [0.3, 0.4) is 0 Å². The van der Waals surface area contributed by atoms with Gasteiger partial charge < -0.3 is 0 Å². The van der Waals surface area contributed by atoms with E-state index >= 15 is 0 Å². The highest BCUT2D eigenvalue weighted by Crippen LogP contribution is 2.38. The van der Waals surface area contributed by atoms with E-state index in [9.17, 15) is 0 Å². The van der Waals surface area contributed by atoms with Gasteiger partial charge in [-0.25, -0.2) is 0 Å². The predicted octanol–water partition coefficient (Wildman–Crippen LogP) is 7.68. The Morgan fingerprint density at radius 2 is 1.30 bits per heavy atom. The van der Waals surface area contributed by atoms with Crippen LogP contribution < -0.4 is 0 Å². The lowest BCUT2D eigenvalue weighted by atomic mass is 9.75. The normalized spacial score (nSPS) is 13.5. The average molecular weight is 281 g/mol. The van der Waals surface area contributed by atoms with Gasteiger partial charge in [-0.05, 0) is 38.0 Å². The van der Waals surface area contributed by atoms with Gasteiger partial charge in [-0.3, -0.25) is 0 Å². The summed E-state index contributed by atoms with van der Waals surface area (Å²) in [7, 11) is 0. The van der Waals surface area contributed by atoms with Crippen molar-refractivity contribution >= 4 is 0 Å². The summed E-state index contributed by atoms with van der Waals surface area (Å²) < 4.78 is 0. The van der Waals surface area contributed by atoms with Gasteiger partial charge in [-0.1, -0.05) is 90.7 Å². The zero-order valence-electron chi connectivity index (χ0n) is 15.3. The Morgan fingerprint density at radius 1 is 0.750 bits per heavy atom. The molecule has 0 rings (SSSR count). The fraction of sp³-hybridized carbons (Fsp3) is 0.900. The van der Waals surface area contributed by atoms with E-state index in [2.05, 4.69) is 41.5 Å². The number of hydrogen-bond acceptors (Lipinski definition) is 0. The lowest BCUT2D eigenvalue weighted by Gasteiger charge is -2.31. The highest BCUT2D eigenvalue weighted by molar-refractivity contribution is 5.19. The Labute approximate surface area is 129 Å². The molecule has 0 nitrogen and oxygen atoms in total. The molecule has 20 heavy (non-hydrogen) atoms. The van der Waals surface area contributed by atoms with Crippen LogP contribution in [0, 0.1) is 5.41 Å². The van der Waals surface area contributed by atoms with Crippen molar-refractivity contribution in [3.8, 4) is 0 Å². The van der Waals surface area contributed by atoms with E-state index in [-0.39, 0.29) is 0 Å². The molecule has 0 heteroatoms. The fourth-order valence-corrected chi connectivity index (χ4v) is 3.19. The van der Waals surface area contributed by atoms with Crippen molar-refractivity contribution in [2.45, 2.75) is 112 Å². The average Bonchev–Trinajstić information content (AvgIpc) is 2.43. The molecule has 0 heterocycles. The molecule has 0 N–H and O–H groups in total. The van der Waals surface area contributed by atoms with Crippen LogP contribution in [0.1, 0.15) is 112 Å². The zero-order valence-corrected chi connectivity index (χ0v) is 15.3. The third-order valence-corrected chi connectivity index (χ3v) is 4.80. The fourth-order valence-electron chi connectivity index (χ4n) is 3.19. The van der Waals surface area contributed by atoms with Gasteiger partial charge in [0.05, 0.1) is 0 Å². The molecule has 0 aromatic heterocycles. The molecular formula is C20H40. The first-order valence-electron chi connectivity index (χ1n) is 9.18. The van der Waals surface area contributed by atoms with Crippen molar-refractivity contribution in [2.24, 2.45) is 5.41 Å². The number of rotatable bonds is 12. The SMILES string of the molecule is CCCCCCCCC(=C(C)CC)C(C)(C)CCCC. The van der Waals surface area contributed by atoms with Crippen LogP contribution in [0.15, 0.2) is 11.1 Å². The largest absolute Gasteiger partial charge is 0.0739 e. The van der Waals surface area contributed by atoms with E-state index in [1.807, 2.05) is 0 Å². The summed E-state index contributed by atoms with van der Waals surface area (Å²) in [4.78, 5) is 0. The van der Waals surface area contributed by atoms with Crippen LogP contribution in [0.5, 0.6) is 0 Å². The first-order chi connectivity index (χ1) is 9.49. The van der Waals surface area contributed by atoms with Gasteiger partial charge >= 0.3 is 0 Å². The van der Waals surface area contributed by atoms with Gasteiger partial charge in [0.2, 0.25) is 0 Å². The molecule has 0 radical (unpaired) electrons. The van der Waals surface area contributed by atoms with Gasteiger partial charge in [0.1, 0.15) is 0 Å². The minimum absolute atomic E-state index is 0.416. The zero-order chi connectivity index (χ0) is 15.4. The van der Waals surface area contributed by atoms with Crippen molar-refractivity contribution in [3.63, 3.8) is 0 Å². The maximum absolute atomic E-state index is 2.47. The van der Waals surface area contributed by atoms with E-state index < -0.39 is 0 Å². The second-order valence-electron chi connectivity index (χ2n) is 7.12. The smallest absolute Gasteiger partial charge is 0.0142 e. The van der Waals surface area contributed by atoms with E-state index in [1.54, 1.807) is 11.1 Å². The topological polar surface area (TPSA) is 0 Å².